The molecule has 0 saturated carbocycles. The van der Waals surface area contributed by atoms with Crippen molar-refractivity contribution >= 4 is 21.6 Å². The number of nitrogens with one attached hydrogen (secondary N) is 2. The normalized spacial score (nSPS) is 11.3. The molecular formula is C11H11FN4O3S. The first-order chi connectivity index (χ1) is 9.31. The lowest BCUT2D eigenvalue weighted by molar-refractivity contribution is 0.1000. The number of aromatic amines is 1. The second-order valence-corrected chi connectivity index (χ2v) is 5.72. The summed E-state index contributed by atoms with van der Waals surface area (Å²) < 4.78 is 39.8. The second-order valence-electron chi connectivity index (χ2n) is 4.03. The summed E-state index contributed by atoms with van der Waals surface area (Å²) in [7, 11) is -3.91. The van der Waals surface area contributed by atoms with Gasteiger partial charge in [0.05, 0.1) is 11.9 Å². The van der Waals surface area contributed by atoms with Crippen LogP contribution in [0.15, 0.2) is 29.4 Å². The van der Waals surface area contributed by atoms with Crippen LogP contribution in [-0.2, 0) is 10.0 Å². The number of amides is 1. The lowest BCUT2D eigenvalue weighted by Crippen LogP contribution is -2.16. The lowest BCUT2D eigenvalue weighted by Gasteiger charge is -2.11. The number of hydrogen-bond donors (Lipinski definition) is 3. The predicted molar refractivity (Wildman–Crippen MR) is 69.1 cm³/mol. The van der Waals surface area contributed by atoms with Crippen molar-refractivity contribution in [2.45, 2.75) is 11.8 Å². The summed E-state index contributed by atoms with van der Waals surface area (Å²) in [5.41, 5.74) is 4.94. The van der Waals surface area contributed by atoms with Crippen molar-refractivity contribution in [3.8, 4) is 0 Å². The van der Waals surface area contributed by atoms with Crippen molar-refractivity contribution in [3.05, 3.63) is 41.5 Å². The van der Waals surface area contributed by atoms with Gasteiger partial charge in [0.2, 0.25) is 5.91 Å². The zero-order valence-corrected chi connectivity index (χ0v) is 11.2. The number of carbonyl (C=O) groups is 1. The van der Waals surface area contributed by atoms with Crippen LogP contribution in [0.1, 0.15) is 15.9 Å². The third-order valence-corrected chi connectivity index (χ3v) is 3.99. The largest absolute Gasteiger partial charge is 0.366 e. The van der Waals surface area contributed by atoms with Crippen LogP contribution >= 0.6 is 0 Å². The van der Waals surface area contributed by atoms with E-state index in [0.717, 1.165) is 12.3 Å². The molecule has 0 saturated heterocycles. The first-order valence-corrected chi connectivity index (χ1v) is 6.91. The molecule has 1 aromatic carbocycles. The van der Waals surface area contributed by atoms with Gasteiger partial charge in [-0.1, -0.05) is 0 Å². The summed E-state index contributed by atoms with van der Waals surface area (Å²) in [5, 5.41) is 5.88. The van der Waals surface area contributed by atoms with Gasteiger partial charge in [-0.25, -0.2) is 12.8 Å². The molecule has 2 rings (SSSR count). The van der Waals surface area contributed by atoms with Gasteiger partial charge in [0, 0.05) is 17.3 Å². The van der Waals surface area contributed by atoms with Crippen molar-refractivity contribution in [2.24, 2.45) is 5.73 Å². The Hall–Kier alpha value is -2.42. The number of nitrogens with two attached hydrogens (primary N) is 1. The molecule has 0 bridgehead atoms. The van der Waals surface area contributed by atoms with Gasteiger partial charge in [0.15, 0.2) is 0 Å². The van der Waals surface area contributed by atoms with E-state index in [4.69, 9.17) is 5.73 Å². The molecule has 9 heteroatoms. The van der Waals surface area contributed by atoms with Gasteiger partial charge in [0.1, 0.15) is 10.7 Å². The second kappa shape index (κ2) is 4.93. The maximum absolute atomic E-state index is 13.7. The standard InChI is InChI=1S/C11H11FN4O3S/c1-6-9(12)2-7(11(13)17)3-10(6)16-20(18,19)8-4-14-15-5-8/h2-5,16H,1H3,(H2,13,17)(H,14,15). The zero-order valence-electron chi connectivity index (χ0n) is 10.3. The summed E-state index contributed by atoms with van der Waals surface area (Å²) in [5.74, 6) is -1.58. The monoisotopic (exact) mass is 298 g/mol. The Morgan fingerprint density at radius 1 is 1.45 bits per heavy atom. The minimum absolute atomic E-state index is 0.0556. The molecule has 1 aromatic heterocycles. The van der Waals surface area contributed by atoms with E-state index in [1.165, 1.54) is 19.2 Å². The highest BCUT2D eigenvalue weighted by Gasteiger charge is 2.19. The minimum atomic E-state index is -3.91. The smallest absolute Gasteiger partial charge is 0.265 e. The van der Waals surface area contributed by atoms with Gasteiger partial charge >= 0.3 is 0 Å². The van der Waals surface area contributed by atoms with Crippen LogP contribution < -0.4 is 10.5 Å². The number of benzene rings is 1. The van der Waals surface area contributed by atoms with Gasteiger partial charge in [-0.3, -0.25) is 14.6 Å². The molecule has 1 amide bonds. The Balaban J connectivity index is 2.46. The minimum Gasteiger partial charge on any atom is -0.366 e. The Morgan fingerprint density at radius 3 is 2.70 bits per heavy atom. The molecule has 4 N–H and O–H groups in total. The van der Waals surface area contributed by atoms with Crippen molar-refractivity contribution < 1.29 is 17.6 Å². The van der Waals surface area contributed by atoms with E-state index in [1.807, 2.05) is 0 Å². The topological polar surface area (TPSA) is 118 Å². The van der Waals surface area contributed by atoms with Gasteiger partial charge in [-0.15, -0.1) is 0 Å². The predicted octanol–water partition coefficient (Wildman–Crippen LogP) is 0.757. The molecule has 7 nitrogen and oxygen atoms in total. The molecule has 1 heterocycles. The van der Waals surface area contributed by atoms with Crippen LogP contribution in [0.25, 0.3) is 0 Å². The van der Waals surface area contributed by atoms with Gasteiger partial charge in [-0.05, 0) is 19.1 Å². The van der Waals surface area contributed by atoms with E-state index >= 15 is 0 Å². The van der Waals surface area contributed by atoms with Crippen LogP contribution in [0.4, 0.5) is 10.1 Å². The number of anilines is 1. The van der Waals surface area contributed by atoms with Crippen LogP contribution in [-0.4, -0.2) is 24.5 Å². The maximum atomic E-state index is 13.7. The van der Waals surface area contributed by atoms with Gasteiger partial charge in [-0.2, -0.15) is 5.10 Å². The third kappa shape index (κ3) is 2.62. The van der Waals surface area contributed by atoms with Crippen LogP contribution in [0.2, 0.25) is 0 Å². The molecule has 0 fully saturated rings. The number of rotatable bonds is 4. The number of carbonyl (C=O) groups excluding carboxylic acids is 1. The SMILES string of the molecule is Cc1c(F)cc(C(N)=O)cc1NS(=O)(=O)c1cn[nH]c1. The molecule has 2 aromatic rings. The number of aromatic nitrogens is 2. The summed E-state index contributed by atoms with van der Waals surface area (Å²) in [6, 6.07) is 2.13. The first kappa shape index (κ1) is 14.0. The van der Waals surface area contributed by atoms with Crippen molar-refractivity contribution in [1.29, 1.82) is 0 Å². The Bertz CT molecular complexity index is 756. The number of primary amides is 1. The van der Waals surface area contributed by atoms with Gasteiger partial charge < -0.3 is 5.73 Å². The molecule has 0 radical (unpaired) electrons. The average molecular weight is 298 g/mol. The summed E-state index contributed by atoms with van der Waals surface area (Å²) in [4.78, 5) is 11.0. The number of nitrogens with zero attached hydrogens (tertiary/aromatic N) is 1. The Kier molecular flexibility index (Phi) is 3.45. The fourth-order valence-electron chi connectivity index (χ4n) is 1.52. The highest BCUT2D eigenvalue weighted by molar-refractivity contribution is 7.92. The first-order valence-electron chi connectivity index (χ1n) is 5.43. The number of H-pyrrole nitrogens is 1. The molecule has 20 heavy (non-hydrogen) atoms. The van der Waals surface area contributed by atoms with E-state index < -0.39 is 21.7 Å². The fourth-order valence-corrected chi connectivity index (χ4v) is 2.54. The maximum Gasteiger partial charge on any atom is 0.265 e. The number of sulfonamides is 1. The highest BCUT2D eigenvalue weighted by atomic mass is 32.2. The van der Waals surface area contributed by atoms with E-state index in [0.29, 0.717) is 0 Å². The lowest BCUT2D eigenvalue weighted by atomic mass is 10.1. The number of hydrogen-bond acceptors (Lipinski definition) is 4. The Labute approximate surface area is 114 Å². The molecule has 0 aliphatic carbocycles. The summed E-state index contributed by atoms with van der Waals surface area (Å²) in [6.45, 7) is 1.38. The molecule has 0 aliphatic rings. The van der Waals surface area contributed by atoms with E-state index in [1.54, 1.807) is 0 Å². The fraction of sp³-hybridized carbons (Fsp3) is 0.0909. The van der Waals surface area contributed by atoms with Crippen LogP contribution in [0.5, 0.6) is 0 Å². The molecular weight excluding hydrogens is 287 g/mol. The quantitative estimate of drug-likeness (QED) is 0.772. The van der Waals surface area contributed by atoms with Crippen molar-refractivity contribution in [1.82, 2.24) is 10.2 Å². The van der Waals surface area contributed by atoms with Gasteiger partial charge in [0.25, 0.3) is 10.0 Å². The Morgan fingerprint density at radius 2 is 2.15 bits per heavy atom. The average Bonchev–Trinajstić information content (AvgIpc) is 2.88. The van der Waals surface area contributed by atoms with Crippen molar-refractivity contribution in [2.75, 3.05) is 4.72 Å². The molecule has 106 valence electrons. The molecule has 0 atom stereocenters. The van der Waals surface area contributed by atoms with Crippen LogP contribution in [0, 0.1) is 12.7 Å². The molecule has 0 unspecified atom stereocenters. The molecule has 0 spiro atoms. The highest BCUT2D eigenvalue weighted by Crippen LogP contribution is 2.23. The number of halogens is 1. The van der Waals surface area contributed by atoms with E-state index in [2.05, 4.69) is 14.9 Å². The zero-order chi connectivity index (χ0) is 14.9. The third-order valence-electron chi connectivity index (χ3n) is 2.66. The van der Waals surface area contributed by atoms with E-state index in [9.17, 15) is 17.6 Å². The summed E-state index contributed by atoms with van der Waals surface area (Å²) >= 11 is 0. The summed E-state index contributed by atoms with van der Waals surface area (Å²) in [6.07, 6.45) is 2.28. The molecule has 0 aliphatic heterocycles. The van der Waals surface area contributed by atoms with Crippen LogP contribution in [0.3, 0.4) is 0 Å². The van der Waals surface area contributed by atoms with Crippen molar-refractivity contribution in [3.63, 3.8) is 0 Å². The van der Waals surface area contributed by atoms with E-state index in [-0.39, 0.29) is 21.7 Å².